The van der Waals surface area contributed by atoms with Crippen LogP contribution < -0.4 is 15.5 Å². The van der Waals surface area contributed by atoms with E-state index < -0.39 is 6.04 Å². The second kappa shape index (κ2) is 12.1. The molecule has 0 fully saturated rings. The van der Waals surface area contributed by atoms with E-state index in [-0.39, 0.29) is 17.7 Å². The Kier molecular flexibility index (Phi) is 8.99. The van der Waals surface area contributed by atoms with Gasteiger partial charge in [0.2, 0.25) is 0 Å². The Morgan fingerprint density at radius 3 is 2.38 bits per heavy atom. The Balaban J connectivity index is 1.57. The Labute approximate surface area is 208 Å². The molecule has 6 nitrogen and oxygen atoms in total. The second-order valence-corrected chi connectivity index (χ2v) is 9.11. The van der Waals surface area contributed by atoms with Gasteiger partial charge in [-0.15, -0.1) is 0 Å². The third kappa shape index (κ3) is 7.28. The molecular weight excluding hydrogens is 494 g/mol. The van der Waals surface area contributed by atoms with E-state index >= 15 is 0 Å². The molecule has 3 rings (SSSR count). The number of hydrogen-bond donors (Lipinski definition) is 2. The van der Waals surface area contributed by atoms with Crippen molar-refractivity contribution in [2.45, 2.75) is 33.4 Å². The minimum atomic E-state index is -0.716. The number of hydrazone groups is 1. The lowest BCUT2D eigenvalue weighted by Crippen LogP contribution is -2.48. The average Bonchev–Trinajstić information content (AvgIpc) is 2.82. The summed E-state index contributed by atoms with van der Waals surface area (Å²) in [4.78, 5) is 25.2. The Morgan fingerprint density at radius 2 is 1.74 bits per heavy atom. The molecule has 34 heavy (non-hydrogen) atoms. The number of carbonyl (C=O) groups is 2. The van der Waals surface area contributed by atoms with Crippen molar-refractivity contribution < 1.29 is 14.3 Å². The summed E-state index contributed by atoms with van der Waals surface area (Å²) >= 11 is 3.52. The van der Waals surface area contributed by atoms with Crippen molar-refractivity contribution in [3.63, 3.8) is 0 Å². The molecule has 7 heteroatoms. The molecule has 0 aromatic heterocycles. The molecule has 3 aromatic rings. The zero-order chi connectivity index (χ0) is 24.5. The van der Waals surface area contributed by atoms with Gasteiger partial charge in [-0.2, -0.15) is 5.10 Å². The van der Waals surface area contributed by atoms with E-state index in [1.54, 1.807) is 18.3 Å². The topological polar surface area (TPSA) is 79.8 Å². The Hall–Kier alpha value is -3.45. The molecule has 0 heterocycles. The van der Waals surface area contributed by atoms with E-state index in [4.69, 9.17) is 4.74 Å². The third-order valence-corrected chi connectivity index (χ3v) is 5.75. The van der Waals surface area contributed by atoms with Crippen molar-refractivity contribution in [3.05, 3.63) is 99.5 Å². The maximum atomic E-state index is 12.7. The fraction of sp³-hybridized carbons (Fsp3) is 0.222. The molecule has 0 saturated carbocycles. The van der Waals surface area contributed by atoms with Crippen molar-refractivity contribution in [1.82, 2.24) is 10.7 Å². The minimum absolute atomic E-state index is 0.111. The minimum Gasteiger partial charge on any atom is -0.488 e. The van der Waals surface area contributed by atoms with Crippen molar-refractivity contribution in [3.8, 4) is 5.75 Å². The highest BCUT2D eigenvalue weighted by Crippen LogP contribution is 2.26. The summed E-state index contributed by atoms with van der Waals surface area (Å²) < 4.78 is 6.64. The second-order valence-electron chi connectivity index (χ2n) is 8.26. The highest BCUT2D eigenvalue weighted by Gasteiger charge is 2.24. The Morgan fingerprint density at radius 1 is 1.03 bits per heavy atom. The molecule has 176 valence electrons. The van der Waals surface area contributed by atoms with E-state index in [2.05, 4.69) is 31.8 Å². The zero-order valence-electron chi connectivity index (χ0n) is 19.4. The number of hydrogen-bond acceptors (Lipinski definition) is 4. The highest BCUT2D eigenvalue weighted by atomic mass is 79.9. The fourth-order valence-electron chi connectivity index (χ4n) is 3.15. The van der Waals surface area contributed by atoms with Crippen LogP contribution in [0.3, 0.4) is 0 Å². The molecule has 2 N–H and O–H groups in total. The molecule has 1 atom stereocenters. The van der Waals surface area contributed by atoms with Crippen LogP contribution >= 0.6 is 15.9 Å². The standard InChI is InChI=1S/C27H28BrN3O3/c1-18(2)25(30-26(32)22-12-9-19(3)10-13-22)27(33)31-29-16-21-11-14-24(23(28)15-21)34-17-20-7-5-4-6-8-20/h4-16,18,25H,17H2,1-3H3,(H,30,32)(H,31,33). The first-order valence-electron chi connectivity index (χ1n) is 11.0. The third-order valence-electron chi connectivity index (χ3n) is 5.13. The van der Waals surface area contributed by atoms with Crippen LogP contribution in [0.1, 0.15) is 40.9 Å². The van der Waals surface area contributed by atoms with E-state index in [0.29, 0.717) is 17.9 Å². The molecule has 0 saturated heterocycles. The SMILES string of the molecule is Cc1ccc(C(=O)NC(C(=O)NN=Cc2ccc(OCc3ccccc3)c(Br)c2)C(C)C)cc1. The maximum absolute atomic E-state index is 12.7. The number of benzene rings is 3. The van der Waals surface area contributed by atoms with Crippen LogP contribution in [-0.2, 0) is 11.4 Å². The summed E-state index contributed by atoms with van der Waals surface area (Å²) in [6, 6.07) is 21.9. The van der Waals surface area contributed by atoms with Crippen LogP contribution in [-0.4, -0.2) is 24.1 Å². The van der Waals surface area contributed by atoms with E-state index in [0.717, 1.165) is 21.2 Å². The van der Waals surface area contributed by atoms with Gasteiger partial charge in [-0.1, -0.05) is 61.9 Å². The van der Waals surface area contributed by atoms with E-state index in [1.807, 2.05) is 81.4 Å². The van der Waals surface area contributed by atoms with Gasteiger partial charge in [0, 0.05) is 5.56 Å². The molecule has 0 aliphatic heterocycles. The summed E-state index contributed by atoms with van der Waals surface area (Å²) in [5.41, 5.74) is 5.96. The summed E-state index contributed by atoms with van der Waals surface area (Å²) in [6.45, 7) is 6.16. The molecule has 1 unspecified atom stereocenters. The first-order chi connectivity index (χ1) is 16.3. The van der Waals surface area contributed by atoms with Crippen molar-refractivity contribution in [2.24, 2.45) is 11.0 Å². The quantitative estimate of drug-likeness (QED) is 0.298. The number of carbonyl (C=O) groups excluding carboxylic acids is 2. The number of halogens is 1. The van der Waals surface area contributed by atoms with Crippen LogP contribution in [0.15, 0.2) is 82.4 Å². The molecule has 0 radical (unpaired) electrons. The summed E-state index contributed by atoms with van der Waals surface area (Å²) in [7, 11) is 0. The van der Waals surface area contributed by atoms with Crippen molar-refractivity contribution in [1.29, 1.82) is 0 Å². The smallest absolute Gasteiger partial charge is 0.262 e. The monoisotopic (exact) mass is 521 g/mol. The highest BCUT2D eigenvalue weighted by molar-refractivity contribution is 9.10. The molecular formula is C27H28BrN3O3. The number of ether oxygens (including phenoxy) is 1. The average molecular weight is 522 g/mol. The first-order valence-corrected chi connectivity index (χ1v) is 11.8. The van der Waals surface area contributed by atoms with Gasteiger partial charge in [0.05, 0.1) is 10.7 Å². The maximum Gasteiger partial charge on any atom is 0.262 e. The molecule has 0 bridgehead atoms. The number of amides is 2. The predicted molar refractivity (Wildman–Crippen MR) is 138 cm³/mol. The predicted octanol–water partition coefficient (Wildman–Crippen LogP) is 5.24. The lowest BCUT2D eigenvalue weighted by molar-refractivity contribution is -0.123. The van der Waals surface area contributed by atoms with Gasteiger partial charge in [-0.3, -0.25) is 9.59 Å². The number of aryl methyl sites for hydroxylation is 1. The molecule has 0 aliphatic carbocycles. The zero-order valence-corrected chi connectivity index (χ0v) is 21.0. The van der Waals surface area contributed by atoms with Gasteiger partial charge in [0.1, 0.15) is 18.4 Å². The van der Waals surface area contributed by atoms with Crippen LogP contribution in [0.2, 0.25) is 0 Å². The van der Waals surface area contributed by atoms with Gasteiger partial charge < -0.3 is 10.1 Å². The lowest BCUT2D eigenvalue weighted by atomic mass is 10.0. The van der Waals surface area contributed by atoms with Gasteiger partial charge in [-0.25, -0.2) is 5.43 Å². The van der Waals surface area contributed by atoms with Crippen LogP contribution in [0.4, 0.5) is 0 Å². The van der Waals surface area contributed by atoms with Gasteiger partial charge in [-0.05, 0) is 70.2 Å². The molecule has 0 spiro atoms. The van der Waals surface area contributed by atoms with E-state index in [9.17, 15) is 9.59 Å². The number of rotatable bonds is 9. The van der Waals surface area contributed by atoms with Gasteiger partial charge >= 0.3 is 0 Å². The normalized spacial score (nSPS) is 11.9. The molecule has 2 amide bonds. The van der Waals surface area contributed by atoms with Crippen LogP contribution in [0.5, 0.6) is 5.75 Å². The van der Waals surface area contributed by atoms with Crippen molar-refractivity contribution in [2.75, 3.05) is 0 Å². The summed E-state index contributed by atoms with van der Waals surface area (Å²) in [5, 5.41) is 6.86. The molecule has 3 aromatic carbocycles. The largest absolute Gasteiger partial charge is 0.488 e. The summed E-state index contributed by atoms with van der Waals surface area (Å²) in [6.07, 6.45) is 1.54. The molecule has 0 aliphatic rings. The van der Waals surface area contributed by atoms with E-state index in [1.165, 1.54) is 0 Å². The number of nitrogens with one attached hydrogen (secondary N) is 2. The van der Waals surface area contributed by atoms with Crippen molar-refractivity contribution >= 4 is 34.0 Å². The fourth-order valence-corrected chi connectivity index (χ4v) is 3.67. The Bertz CT molecular complexity index is 1150. The van der Waals surface area contributed by atoms with Crippen LogP contribution in [0, 0.1) is 12.8 Å². The number of nitrogens with zero attached hydrogens (tertiary/aromatic N) is 1. The van der Waals surface area contributed by atoms with Gasteiger partial charge in [0.25, 0.3) is 11.8 Å². The lowest BCUT2D eigenvalue weighted by Gasteiger charge is -2.20. The van der Waals surface area contributed by atoms with Gasteiger partial charge in [0.15, 0.2) is 0 Å². The summed E-state index contributed by atoms with van der Waals surface area (Å²) in [5.74, 6) is -0.0787. The van der Waals surface area contributed by atoms with Crippen LogP contribution in [0.25, 0.3) is 0 Å². The first kappa shape index (κ1) is 25.2.